The molecular formula is C23H29NO2. The van der Waals surface area contributed by atoms with Crippen molar-refractivity contribution in [2.75, 3.05) is 20.2 Å². The Morgan fingerprint density at radius 2 is 1.62 bits per heavy atom. The predicted molar refractivity (Wildman–Crippen MR) is 106 cm³/mol. The Morgan fingerprint density at radius 3 is 2.19 bits per heavy atom. The Hall–Kier alpha value is -2.29. The lowest BCUT2D eigenvalue weighted by atomic mass is 9.86. The fourth-order valence-corrected chi connectivity index (χ4v) is 3.69. The summed E-state index contributed by atoms with van der Waals surface area (Å²) in [6.07, 6.45) is 1.96. The maximum absolute atomic E-state index is 12.8. The zero-order valence-corrected chi connectivity index (χ0v) is 16.3. The number of likely N-dealkylation sites (tertiary alicyclic amines) is 1. The molecule has 1 saturated heterocycles. The Bertz CT molecular complexity index is 751. The van der Waals surface area contributed by atoms with Gasteiger partial charge in [0.2, 0.25) is 0 Å². The predicted octanol–water partition coefficient (Wildman–Crippen LogP) is 5.01. The van der Waals surface area contributed by atoms with Crippen molar-refractivity contribution in [2.24, 2.45) is 0 Å². The molecule has 0 saturated carbocycles. The Labute approximate surface area is 157 Å². The molecule has 0 aliphatic carbocycles. The second kappa shape index (κ2) is 7.53. The molecule has 1 heterocycles. The van der Waals surface area contributed by atoms with Crippen molar-refractivity contribution < 1.29 is 9.53 Å². The molecule has 3 rings (SSSR count). The number of hydrogen-bond donors (Lipinski definition) is 0. The third kappa shape index (κ3) is 3.92. The number of nitrogens with zero attached hydrogens (tertiary/aromatic N) is 1. The van der Waals surface area contributed by atoms with Gasteiger partial charge in [-0.1, -0.05) is 51.1 Å². The van der Waals surface area contributed by atoms with Crippen molar-refractivity contribution in [3.05, 3.63) is 65.2 Å². The fourth-order valence-electron chi connectivity index (χ4n) is 3.69. The molecule has 138 valence electrons. The van der Waals surface area contributed by atoms with Crippen molar-refractivity contribution in [3.63, 3.8) is 0 Å². The van der Waals surface area contributed by atoms with Crippen LogP contribution in [-0.2, 0) is 5.41 Å². The van der Waals surface area contributed by atoms with Gasteiger partial charge in [0.25, 0.3) is 5.91 Å². The molecule has 3 nitrogen and oxygen atoms in total. The number of hydrogen-bond acceptors (Lipinski definition) is 2. The van der Waals surface area contributed by atoms with Crippen LogP contribution in [0.1, 0.15) is 61.0 Å². The highest BCUT2D eigenvalue weighted by atomic mass is 16.5. The molecule has 26 heavy (non-hydrogen) atoms. The molecule has 0 N–H and O–H groups in total. The fraction of sp³-hybridized carbons (Fsp3) is 0.435. The highest BCUT2D eigenvalue weighted by Gasteiger charge is 2.26. The first-order chi connectivity index (χ1) is 12.4. The lowest BCUT2D eigenvalue weighted by molar-refractivity contribution is 0.0712. The van der Waals surface area contributed by atoms with Gasteiger partial charge < -0.3 is 9.64 Å². The van der Waals surface area contributed by atoms with E-state index < -0.39 is 0 Å². The second-order valence-electron chi connectivity index (χ2n) is 8.14. The molecule has 1 aliphatic heterocycles. The van der Waals surface area contributed by atoms with E-state index in [1.54, 1.807) is 7.11 Å². The molecule has 0 bridgehead atoms. The van der Waals surface area contributed by atoms with E-state index in [-0.39, 0.29) is 11.3 Å². The van der Waals surface area contributed by atoms with Crippen molar-refractivity contribution in [3.8, 4) is 5.75 Å². The zero-order chi connectivity index (χ0) is 18.7. The van der Waals surface area contributed by atoms with Gasteiger partial charge in [-0.3, -0.25) is 4.79 Å². The van der Waals surface area contributed by atoms with E-state index in [4.69, 9.17) is 4.74 Å². The molecule has 2 aromatic carbocycles. The van der Waals surface area contributed by atoms with Crippen LogP contribution >= 0.6 is 0 Å². The first-order valence-electron chi connectivity index (χ1n) is 9.43. The SMILES string of the molecule is COc1ccccc1C1CCN(C(=O)c2ccc(C(C)(C)C)cc2)CC1. The molecule has 0 aromatic heterocycles. The summed E-state index contributed by atoms with van der Waals surface area (Å²) in [6, 6.07) is 16.3. The minimum Gasteiger partial charge on any atom is -0.496 e. The van der Waals surface area contributed by atoms with Crippen LogP contribution in [0.2, 0.25) is 0 Å². The van der Waals surface area contributed by atoms with Crippen LogP contribution in [-0.4, -0.2) is 31.0 Å². The third-order valence-corrected chi connectivity index (χ3v) is 5.36. The van der Waals surface area contributed by atoms with Crippen molar-refractivity contribution >= 4 is 5.91 Å². The summed E-state index contributed by atoms with van der Waals surface area (Å²) in [7, 11) is 1.72. The number of carbonyl (C=O) groups excluding carboxylic acids is 1. The number of carbonyl (C=O) groups is 1. The topological polar surface area (TPSA) is 29.5 Å². The minimum atomic E-state index is 0.106. The summed E-state index contributed by atoms with van der Waals surface area (Å²) in [6.45, 7) is 8.15. The average Bonchev–Trinajstić information content (AvgIpc) is 2.67. The van der Waals surface area contributed by atoms with Crippen LogP contribution in [0.15, 0.2) is 48.5 Å². The highest BCUT2D eigenvalue weighted by Crippen LogP contribution is 2.34. The Balaban J connectivity index is 1.65. The van der Waals surface area contributed by atoms with Gasteiger partial charge in [0.1, 0.15) is 5.75 Å². The van der Waals surface area contributed by atoms with Gasteiger partial charge in [0.15, 0.2) is 0 Å². The number of rotatable bonds is 3. The number of benzene rings is 2. The number of piperidine rings is 1. The van der Waals surface area contributed by atoms with Crippen LogP contribution in [0.25, 0.3) is 0 Å². The van der Waals surface area contributed by atoms with E-state index >= 15 is 0 Å². The zero-order valence-electron chi connectivity index (χ0n) is 16.3. The van der Waals surface area contributed by atoms with Crippen LogP contribution in [0.5, 0.6) is 5.75 Å². The van der Waals surface area contributed by atoms with Gasteiger partial charge in [0.05, 0.1) is 7.11 Å². The van der Waals surface area contributed by atoms with E-state index in [2.05, 4.69) is 45.0 Å². The van der Waals surface area contributed by atoms with Crippen LogP contribution < -0.4 is 4.74 Å². The molecule has 2 aromatic rings. The second-order valence-corrected chi connectivity index (χ2v) is 8.14. The first-order valence-corrected chi connectivity index (χ1v) is 9.43. The average molecular weight is 351 g/mol. The Kier molecular flexibility index (Phi) is 5.36. The summed E-state index contributed by atoms with van der Waals surface area (Å²) >= 11 is 0. The third-order valence-electron chi connectivity index (χ3n) is 5.36. The Morgan fingerprint density at radius 1 is 1.00 bits per heavy atom. The van der Waals surface area contributed by atoms with E-state index in [0.717, 1.165) is 37.2 Å². The number of para-hydroxylation sites is 1. The molecular weight excluding hydrogens is 322 g/mol. The molecule has 1 amide bonds. The summed E-state index contributed by atoms with van der Waals surface area (Å²) in [4.78, 5) is 14.8. The van der Waals surface area contributed by atoms with Gasteiger partial charge in [-0.05, 0) is 53.5 Å². The van der Waals surface area contributed by atoms with Gasteiger partial charge in [-0.15, -0.1) is 0 Å². The van der Waals surface area contributed by atoms with E-state index in [9.17, 15) is 4.79 Å². The van der Waals surface area contributed by atoms with Gasteiger partial charge in [-0.25, -0.2) is 0 Å². The van der Waals surface area contributed by atoms with Gasteiger partial charge in [-0.2, -0.15) is 0 Å². The summed E-state index contributed by atoms with van der Waals surface area (Å²) in [5, 5.41) is 0. The lowest BCUT2D eigenvalue weighted by Gasteiger charge is -2.33. The lowest BCUT2D eigenvalue weighted by Crippen LogP contribution is -2.38. The number of ether oxygens (including phenoxy) is 1. The number of amides is 1. The molecule has 1 fully saturated rings. The van der Waals surface area contributed by atoms with Gasteiger partial charge in [0, 0.05) is 18.7 Å². The van der Waals surface area contributed by atoms with Crippen LogP contribution in [0, 0.1) is 0 Å². The largest absolute Gasteiger partial charge is 0.496 e. The molecule has 1 aliphatic rings. The summed E-state index contributed by atoms with van der Waals surface area (Å²) in [5.41, 5.74) is 3.41. The summed E-state index contributed by atoms with van der Waals surface area (Å²) < 4.78 is 5.50. The molecule has 0 unspecified atom stereocenters. The summed E-state index contributed by atoms with van der Waals surface area (Å²) in [5.74, 6) is 1.55. The van der Waals surface area contributed by atoms with Crippen LogP contribution in [0.3, 0.4) is 0 Å². The number of methoxy groups -OCH3 is 1. The van der Waals surface area contributed by atoms with Crippen LogP contribution in [0.4, 0.5) is 0 Å². The normalized spacial score (nSPS) is 15.8. The molecule has 0 spiro atoms. The van der Waals surface area contributed by atoms with E-state index in [1.807, 2.05) is 29.2 Å². The smallest absolute Gasteiger partial charge is 0.253 e. The molecule has 0 radical (unpaired) electrons. The van der Waals surface area contributed by atoms with Crippen molar-refractivity contribution in [1.29, 1.82) is 0 Å². The van der Waals surface area contributed by atoms with E-state index in [0.29, 0.717) is 5.92 Å². The standard InChI is InChI=1S/C23H29NO2/c1-23(2,3)19-11-9-18(10-12-19)22(25)24-15-13-17(14-16-24)20-7-5-6-8-21(20)26-4/h5-12,17H,13-16H2,1-4H3. The monoisotopic (exact) mass is 351 g/mol. The van der Waals surface area contributed by atoms with Crippen molar-refractivity contribution in [2.45, 2.75) is 44.9 Å². The quantitative estimate of drug-likeness (QED) is 0.778. The molecule has 0 atom stereocenters. The maximum atomic E-state index is 12.8. The highest BCUT2D eigenvalue weighted by molar-refractivity contribution is 5.94. The minimum absolute atomic E-state index is 0.106. The van der Waals surface area contributed by atoms with Crippen molar-refractivity contribution in [1.82, 2.24) is 4.90 Å². The molecule has 3 heteroatoms. The maximum Gasteiger partial charge on any atom is 0.253 e. The van der Waals surface area contributed by atoms with E-state index in [1.165, 1.54) is 11.1 Å². The first kappa shape index (κ1) is 18.5. The van der Waals surface area contributed by atoms with Gasteiger partial charge >= 0.3 is 0 Å².